The van der Waals surface area contributed by atoms with E-state index in [4.69, 9.17) is 14.0 Å². The van der Waals surface area contributed by atoms with Crippen molar-refractivity contribution in [2.24, 2.45) is 0 Å². The molecule has 1 aliphatic carbocycles. The lowest BCUT2D eigenvalue weighted by Crippen LogP contribution is -2.24. The lowest BCUT2D eigenvalue weighted by atomic mass is 9.92. The Bertz CT molecular complexity index is 958. The molecule has 6 nitrogen and oxygen atoms in total. The van der Waals surface area contributed by atoms with Crippen LogP contribution in [0.5, 0.6) is 5.75 Å². The molecule has 0 bridgehead atoms. The number of esters is 1. The van der Waals surface area contributed by atoms with E-state index in [2.05, 4.69) is 5.16 Å². The second-order valence-corrected chi connectivity index (χ2v) is 6.86. The third-order valence-corrected chi connectivity index (χ3v) is 4.99. The van der Waals surface area contributed by atoms with Crippen LogP contribution >= 0.6 is 0 Å². The summed E-state index contributed by atoms with van der Waals surface area (Å²) in [5, 5.41) is 13.9. The average molecular weight is 379 g/mol. The number of methoxy groups -OCH3 is 1. The van der Waals surface area contributed by atoms with E-state index in [-0.39, 0.29) is 18.3 Å². The van der Waals surface area contributed by atoms with Crippen LogP contribution in [-0.4, -0.2) is 36.6 Å². The highest BCUT2D eigenvalue weighted by Crippen LogP contribution is 2.54. The van der Waals surface area contributed by atoms with Crippen LogP contribution in [-0.2, 0) is 19.7 Å². The lowest BCUT2D eigenvalue weighted by Gasteiger charge is -2.14. The summed E-state index contributed by atoms with van der Waals surface area (Å²) in [6, 6.07) is 16.5. The molecule has 4 rings (SSSR count). The van der Waals surface area contributed by atoms with Crippen LogP contribution in [0.4, 0.5) is 0 Å². The minimum absolute atomic E-state index is 0.175. The number of ether oxygens (including phenoxy) is 2. The van der Waals surface area contributed by atoms with Gasteiger partial charge in [0.25, 0.3) is 0 Å². The molecule has 0 radical (unpaired) electrons. The van der Waals surface area contributed by atoms with Crippen molar-refractivity contribution in [2.75, 3.05) is 20.3 Å². The van der Waals surface area contributed by atoms with Crippen molar-refractivity contribution in [3.05, 3.63) is 60.4 Å². The fraction of sp³-hybridized carbons (Fsp3) is 0.273. The second-order valence-electron chi connectivity index (χ2n) is 6.86. The van der Waals surface area contributed by atoms with Crippen LogP contribution in [0, 0.1) is 0 Å². The smallest absolute Gasteiger partial charge is 0.320 e. The number of aromatic nitrogens is 1. The quantitative estimate of drug-likeness (QED) is 0.495. The molecule has 1 saturated carbocycles. The predicted molar refractivity (Wildman–Crippen MR) is 103 cm³/mol. The first-order valence-corrected chi connectivity index (χ1v) is 9.17. The van der Waals surface area contributed by atoms with Crippen molar-refractivity contribution in [1.82, 2.24) is 5.16 Å². The topological polar surface area (TPSA) is 81.8 Å². The van der Waals surface area contributed by atoms with Gasteiger partial charge in [0.15, 0.2) is 5.76 Å². The van der Waals surface area contributed by atoms with Crippen molar-refractivity contribution >= 4 is 5.97 Å². The van der Waals surface area contributed by atoms with E-state index < -0.39 is 5.41 Å². The standard InChI is InChI=1S/C22H21NO5/c1-26-13-14-27-21(25)22(11-12-22)20-18(15-5-3-2-4-6-15)19(23-28-20)16-7-9-17(24)10-8-16/h2-10,24H,11-14H2,1H3. The molecule has 2 aromatic carbocycles. The van der Waals surface area contributed by atoms with Gasteiger partial charge < -0.3 is 19.1 Å². The molecule has 0 aliphatic heterocycles. The minimum Gasteiger partial charge on any atom is -0.508 e. The molecule has 0 unspecified atom stereocenters. The first-order chi connectivity index (χ1) is 13.7. The Labute approximate surface area is 162 Å². The van der Waals surface area contributed by atoms with Crippen LogP contribution in [0.15, 0.2) is 59.1 Å². The Morgan fingerprint density at radius 1 is 1.07 bits per heavy atom. The highest BCUT2D eigenvalue weighted by Gasteiger charge is 2.57. The number of carbonyl (C=O) groups is 1. The first-order valence-electron chi connectivity index (χ1n) is 9.17. The number of phenols is 1. The Morgan fingerprint density at radius 2 is 1.79 bits per heavy atom. The number of nitrogens with zero attached hydrogens (tertiary/aromatic N) is 1. The molecule has 28 heavy (non-hydrogen) atoms. The van der Waals surface area contributed by atoms with E-state index in [0.717, 1.165) is 16.7 Å². The Hall–Kier alpha value is -3.12. The molecule has 1 aromatic heterocycles. The third-order valence-electron chi connectivity index (χ3n) is 4.99. The van der Waals surface area contributed by atoms with Gasteiger partial charge in [-0.05, 0) is 42.7 Å². The van der Waals surface area contributed by atoms with Gasteiger partial charge >= 0.3 is 5.97 Å². The first kappa shape index (κ1) is 18.3. The molecular formula is C22H21NO5. The lowest BCUT2D eigenvalue weighted by molar-refractivity contribution is -0.148. The fourth-order valence-electron chi connectivity index (χ4n) is 3.31. The largest absolute Gasteiger partial charge is 0.508 e. The minimum atomic E-state index is -0.804. The number of hydrogen-bond acceptors (Lipinski definition) is 6. The molecule has 1 heterocycles. The average Bonchev–Trinajstić information content (AvgIpc) is 3.41. The van der Waals surface area contributed by atoms with Gasteiger partial charge in [0.05, 0.1) is 12.2 Å². The maximum absolute atomic E-state index is 12.8. The number of carbonyl (C=O) groups excluding carboxylic acids is 1. The van der Waals surface area contributed by atoms with Crippen molar-refractivity contribution in [2.45, 2.75) is 18.3 Å². The third kappa shape index (κ3) is 3.27. The summed E-state index contributed by atoms with van der Waals surface area (Å²) in [6.45, 7) is 0.555. The maximum Gasteiger partial charge on any atom is 0.320 e. The van der Waals surface area contributed by atoms with Gasteiger partial charge in [0, 0.05) is 12.7 Å². The zero-order chi connectivity index (χ0) is 19.6. The van der Waals surface area contributed by atoms with Gasteiger partial charge in [-0.1, -0.05) is 35.5 Å². The van der Waals surface area contributed by atoms with E-state index in [1.165, 1.54) is 0 Å². The highest BCUT2D eigenvalue weighted by atomic mass is 16.6. The van der Waals surface area contributed by atoms with E-state index in [0.29, 0.717) is 30.9 Å². The molecule has 144 valence electrons. The molecular weight excluding hydrogens is 358 g/mol. The fourth-order valence-corrected chi connectivity index (χ4v) is 3.31. The van der Waals surface area contributed by atoms with Gasteiger partial charge in [0.2, 0.25) is 0 Å². The Morgan fingerprint density at radius 3 is 2.43 bits per heavy atom. The number of benzene rings is 2. The second kappa shape index (κ2) is 7.48. The van der Waals surface area contributed by atoms with Crippen LogP contribution in [0.2, 0.25) is 0 Å². The zero-order valence-electron chi connectivity index (χ0n) is 15.6. The molecule has 0 spiro atoms. The van der Waals surface area contributed by atoms with Gasteiger partial charge in [-0.2, -0.15) is 0 Å². The summed E-state index contributed by atoms with van der Waals surface area (Å²) in [5.41, 5.74) is 2.33. The summed E-state index contributed by atoms with van der Waals surface area (Å²) in [5.74, 6) is 0.397. The monoisotopic (exact) mass is 379 g/mol. The number of aromatic hydroxyl groups is 1. The van der Waals surface area contributed by atoms with E-state index in [1.54, 1.807) is 31.4 Å². The summed E-state index contributed by atoms with van der Waals surface area (Å²) in [4.78, 5) is 12.8. The van der Waals surface area contributed by atoms with Gasteiger partial charge in [0.1, 0.15) is 23.5 Å². The summed E-state index contributed by atoms with van der Waals surface area (Å²) in [6.07, 6.45) is 1.31. The predicted octanol–water partition coefficient (Wildman–Crippen LogP) is 3.94. The summed E-state index contributed by atoms with van der Waals surface area (Å²) < 4.78 is 16.1. The van der Waals surface area contributed by atoms with Crippen LogP contribution < -0.4 is 0 Å². The summed E-state index contributed by atoms with van der Waals surface area (Å²) >= 11 is 0. The normalized spacial score (nSPS) is 14.6. The zero-order valence-corrected chi connectivity index (χ0v) is 15.6. The van der Waals surface area contributed by atoms with Crippen molar-refractivity contribution in [3.63, 3.8) is 0 Å². The molecule has 0 saturated heterocycles. The number of phenolic OH excluding ortho intramolecular Hbond substituents is 1. The van der Waals surface area contributed by atoms with Gasteiger partial charge in [-0.3, -0.25) is 4.79 Å². The summed E-state index contributed by atoms with van der Waals surface area (Å²) in [7, 11) is 1.56. The molecule has 0 amide bonds. The molecule has 1 fully saturated rings. The Kier molecular flexibility index (Phi) is 4.88. The van der Waals surface area contributed by atoms with E-state index in [9.17, 15) is 9.90 Å². The van der Waals surface area contributed by atoms with Gasteiger partial charge in [-0.25, -0.2) is 0 Å². The van der Waals surface area contributed by atoms with Crippen molar-refractivity contribution < 1.29 is 23.9 Å². The molecule has 1 aliphatic rings. The van der Waals surface area contributed by atoms with Crippen molar-refractivity contribution in [1.29, 1.82) is 0 Å². The van der Waals surface area contributed by atoms with E-state index in [1.807, 2.05) is 30.3 Å². The number of rotatable bonds is 7. The molecule has 6 heteroatoms. The maximum atomic E-state index is 12.8. The molecule has 0 atom stereocenters. The van der Waals surface area contributed by atoms with Crippen LogP contribution in [0.1, 0.15) is 18.6 Å². The SMILES string of the molecule is COCCOC(=O)C1(c2onc(-c3ccc(O)cc3)c2-c2ccccc2)CC1. The molecule has 1 N–H and O–H groups in total. The van der Waals surface area contributed by atoms with Gasteiger partial charge in [-0.15, -0.1) is 0 Å². The van der Waals surface area contributed by atoms with Crippen LogP contribution in [0.3, 0.4) is 0 Å². The van der Waals surface area contributed by atoms with E-state index >= 15 is 0 Å². The van der Waals surface area contributed by atoms with Crippen LogP contribution in [0.25, 0.3) is 22.4 Å². The highest BCUT2D eigenvalue weighted by molar-refractivity contribution is 5.92. The Balaban J connectivity index is 1.78. The number of hydrogen-bond donors (Lipinski definition) is 1. The molecule has 3 aromatic rings. The van der Waals surface area contributed by atoms with Crippen molar-refractivity contribution in [3.8, 4) is 28.1 Å².